The monoisotopic (exact) mass is 265 g/mol. The van der Waals surface area contributed by atoms with Crippen molar-refractivity contribution >= 4 is 0 Å². The number of aromatic nitrogens is 1. The number of oxazole rings is 1. The third kappa shape index (κ3) is 6.79. The highest BCUT2D eigenvalue weighted by molar-refractivity contribution is 5.01. The smallest absolute Gasteiger partial charge is 0.191 e. The van der Waals surface area contributed by atoms with Crippen molar-refractivity contribution in [3.05, 3.63) is 17.8 Å². The first kappa shape index (κ1) is 16.3. The fraction of sp³-hybridized carbons (Fsp3) is 0.824. The molecule has 0 spiro atoms. The van der Waals surface area contributed by atoms with Crippen LogP contribution < -0.4 is 0 Å². The van der Waals surface area contributed by atoms with Crippen molar-refractivity contribution in [1.29, 1.82) is 0 Å². The molecule has 2 nitrogen and oxygen atoms in total. The van der Waals surface area contributed by atoms with Crippen molar-refractivity contribution in [3.63, 3.8) is 0 Å². The first-order chi connectivity index (χ1) is 9.27. The molecule has 0 atom stereocenters. The van der Waals surface area contributed by atoms with Gasteiger partial charge in [-0.05, 0) is 12.8 Å². The van der Waals surface area contributed by atoms with Gasteiger partial charge < -0.3 is 4.42 Å². The largest absolute Gasteiger partial charge is 0.446 e. The second kappa shape index (κ2) is 10.1. The standard InChI is InChI=1S/C17H31NO/c1-4-6-8-10-12-16(13-11-9-7-5-2)17-14-18-15(3)19-17/h14,16H,4-13H2,1-3H3. The Balaban J connectivity index is 2.38. The van der Waals surface area contributed by atoms with E-state index in [2.05, 4.69) is 18.8 Å². The van der Waals surface area contributed by atoms with Gasteiger partial charge in [-0.3, -0.25) is 0 Å². The van der Waals surface area contributed by atoms with Gasteiger partial charge in [0.25, 0.3) is 0 Å². The molecule has 1 rings (SSSR count). The summed E-state index contributed by atoms with van der Waals surface area (Å²) in [6.45, 7) is 6.47. The zero-order valence-electron chi connectivity index (χ0n) is 13.1. The van der Waals surface area contributed by atoms with E-state index in [0.717, 1.165) is 11.7 Å². The average Bonchev–Trinajstić information content (AvgIpc) is 2.83. The summed E-state index contributed by atoms with van der Waals surface area (Å²) >= 11 is 0. The summed E-state index contributed by atoms with van der Waals surface area (Å²) in [6, 6.07) is 0. The molecule has 0 radical (unpaired) electrons. The Labute approximate surface area is 119 Å². The molecule has 1 aromatic heterocycles. The molecule has 19 heavy (non-hydrogen) atoms. The summed E-state index contributed by atoms with van der Waals surface area (Å²) < 4.78 is 5.75. The number of aryl methyl sites for hydroxylation is 1. The molecule has 0 N–H and O–H groups in total. The third-order valence-corrected chi connectivity index (χ3v) is 3.85. The van der Waals surface area contributed by atoms with Crippen LogP contribution in [0.15, 0.2) is 10.6 Å². The molecule has 0 fully saturated rings. The van der Waals surface area contributed by atoms with E-state index < -0.39 is 0 Å². The maximum absolute atomic E-state index is 5.75. The molecule has 1 heterocycles. The molecule has 0 aliphatic carbocycles. The molecule has 0 saturated heterocycles. The van der Waals surface area contributed by atoms with Gasteiger partial charge in [0, 0.05) is 12.8 Å². The molecule has 0 aromatic carbocycles. The van der Waals surface area contributed by atoms with Crippen LogP contribution in [0.5, 0.6) is 0 Å². The number of nitrogens with zero attached hydrogens (tertiary/aromatic N) is 1. The van der Waals surface area contributed by atoms with Gasteiger partial charge in [0.05, 0.1) is 6.20 Å². The van der Waals surface area contributed by atoms with Crippen LogP contribution in [0.2, 0.25) is 0 Å². The average molecular weight is 265 g/mol. The van der Waals surface area contributed by atoms with Gasteiger partial charge in [0.2, 0.25) is 0 Å². The quantitative estimate of drug-likeness (QED) is 0.458. The normalized spacial score (nSPS) is 11.4. The van der Waals surface area contributed by atoms with Crippen molar-refractivity contribution in [3.8, 4) is 0 Å². The van der Waals surface area contributed by atoms with E-state index >= 15 is 0 Å². The zero-order valence-corrected chi connectivity index (χ0v) is 13.1. The third-order valence-electron chi connectivity index (χ3n) is 3.85. The van der Waals surface area contributed by atoms with Crippen LogP contribution in [0.25, 0.3) is 0 Å². The molecule has 110 valence electrons. The van der Waals surface area contributed by atoms with Crippen LogP contribution >= 0.6 is 0 Å². The van der Waals surface area contributed by atoms with E-state index in [1.54, 1.807) is 0 Å². The molecule has 1 aromatic rings. The van der Waals surface area contributed by atoms with Gasteiger partial charge in [0.1, 0.15) is 5.76 Å². The summed E-state index contributed by atoms with van der Waals surface area (Å²) in [5.41, 5.74) is 0. The van der Waals surface area contributed by atoms with Crippen molar-refractivity contribution in [2.45, 2.75) is 90.9 Å². The lowest BCUT2D eigenvalue weighted by Crippen LogP contribution is -1.98. The summed E-state index contributed by atoms with van der Waals surface area (Å²) in [5, 5.41) is 0. The first-order valence-corrected chi connectivity index (χ1v) is 8.20. The lowest BCUT2D eigenvalue weighted by molar-refractivity contribution is 0.393. The van der Waals surface area contributed by atoms with E-state index in [0.29, 0.717) is 5.92 Å². The van der Waals surface area contributed by atoms with E-state index in [9.17, 15) is 0 Å². The molecule has 0 amide bonds. The topological polar surface area (TPSA) is 26.0 Å². The van der Waals surface area contributed by atoms with Gasteiger partial charge >= 0.3 is 0 Å². The van der Waals surface area contributed by atoms with Crippen molar-refractivity contribution in [2.24, 2.45) is 0 Å². The molecule has 2 heteroatoms. The highest BCUT2D eigenvalue weighted by Gasteiger charge is 2.15. The highest BCUT2D eigenvalue weighted by atomic mass is 16.4. The van der Waals surface area contributed by atoms with Crippen LogP contribution in [0, 0.1) is 6.92 Å². The molecular formula is C17H31NO. The van der Waals surface area contributed by atoms with Crippen LogP contribution in [-0.2, 0) is 0 Å². The van der Waals surface area contributed by atoms with Gasteiger partial charge in [-0.15, -0.1) is 0 Å². The minimum absolute atomic E-state index is 0.593. The number of unbranched alkanes of at least 4 members (excludes halogenated alkanes) is 6. The van der Waals surface area contributed by atoms with E-state index in [4.69, 9.17) is 4.42 Å². The summed E-state index contributed by atoms with van der Waals surface area (Å²) in [4.78, 5) is 4.26. The summed E-state index contributed by atoms with van der Waals surface area (Å²) in [5.74, 6) is 2.52. The lowest BCUT2D eigenvalue weighted by atomic mass is 9.93. The predicted octanol–water partition coefficient (Wildman–Crippen LogP) is 6.01. The number of hydrogen-bond acceptors (Lipinski definition) is 2. The highest BCUT2D eigenvalue weighted by Crippen LogP contribution is 2.29. The molecular weight excluding hydrogens is 234 g/mol. The molecule has 0 saturated carbocycles. The predicted molar refractivity (Wildman–Crippen MR) is 81.5 cm³/mol. The first-order valence-electron chi connectivity index (χ1n) is 8.20. The number of hydrogen-bond donors (Lipinski definition) is 0. The minimum atomic E-state index is 0.593. The summed E-state index contributed by atoms with van der Waals surface area (Å²) in [6.07, 6.45) is 15.2. The van der Waals surface area contributed by atoms with Crippen molar-refractivity contribution < 1.29 is 4.42 Å². The van der Waals surface area contributed by atoms with Crippen molar-refractivity contribution in [1.82, 2.24) is 4.98 Å². The Bertz CT molecular complexity index is 307. The van der Waals surface area contributed by atoms with Gasteiger partial charge in [-0.2, -0.15) is 0 Å². The second-order valence-electron chi connectivity index (χ2n) is 5.68. The molecule has 0 aliphatic heterocycles. The van der Waals surface area contributed by atoms with Crippen LogP contribution in [0.1, 0.15) is 95.6 Å². The van der Waals surface area contributed by atoms with Gasteiger partial charge in [0.15, 0.2) is 5.89 Å². The fourth-order valence-corrected chi connectivity index (χ4v) is 2.63. The Morgan fingerprint density at radius 3 is 1.95 bits per heavy atom. The Morgan fingerprint density at radius 2 is 1.53 bits per heavy atom. The lowest BCUT2D eigenvalue weighted by Gasteiger charge is -2.14. The van der Waals surface area contributed by atoms with E-state index in [-0.39, 0.29) is 0 Å². The van der Waals surface area contributed by atoms with Gasteiger partial charge in [-0.1, -0.05) is 65.2 Å². The maximum atomic E-state index is 5.75. The molecule has 0 aliphatic rings. The van der Waals surface area contributed by atoms with E-state index in [1.165, 1.54) is 64.2 Å². The van der Waals surface area contributed by atoms with Crippen LogP contribution in [0.3, 0.4) is 0 Å². The molecule has 0 bridgehead atoms. The van der Waals surface area contributed by atoms with Gasteiger partial charge in [-0.25, -0.2) is 4.98 Å². The van der Waals surface area contributed by atoms with E-state index in [1.807, 2.05) is 13.1 Å². The van der Waals surface area contributed by atoms with Crippen LogP contribution in [0.4, 0.5) is 0 Å². The maximum Gasteiger partial charge on any atom is 0.191 e. The second-order valence-corrected chi connectivity index (χ2v) is 5.68. The Morgan fingerprint density at radius 1 is 0.947 bits per heavy atom. The molecule has 0 unspecified atom stereocenters. The summed E-state index contributed by atoms with van der Waals surface area (Å²) in [7, 11) is 0. The SMILES string of the molecule is CCCCCCC(CCCCCC)c1cnc(C)o1. The Kier molecular flexibility index (Phi) is 8.61. The minimum Gasteiger partial charge on any atom is -0.446 e. The number of rotatable bonds is 11. The fourth-order valence-electron chi connectivity index (χ4n) is 2.63. The van der Waals surface area contributed by atoms with Crippen molar-refractivity contribution in [2.75, 3.05) is 0 Å². The Hall–Kier alpha value is -0.790. The zero-order chi connectivity index (χ0) is 13.9. The van der Waals surface area contributed by atoms with Crippen LogP contribution in [-0.4, -0.2) is 4.98 Å².